The summed E-state index contributed by atoms with van der Waals surface area (Å²) in [6.07, 6.45) is 1.59. The summed E-state index contributed by atoms with van der Waals surface area (Å²) >= 11 is 13.3. The molecule has 19 heavy (non-hydrogen) atoms. The Kier molecular flexibility index (Phi) is 3.59. The van der Waals surface area contributed by atoms with Gasteiger partial charge in [-0.2, -0.15) is 4.98 Å². The van der Waals surface area contributed by atoms with Crippen LogP contribution < -0.4 is 0 Å². The molecule has 0 unspecified atom stereocenters. The van der Waals surface area contributed by atoms with Gasteiger partial charge < -0.3 is 4.98 Å². The lowest BCUT2D eigenvalue weighted by Crippen LogP contribution is -1.89. The summed E-state index contributed by atoms with van der Waals surface area (Å²) in [5.41, 5.74) is 2.55. The third kappa shape index (κ3) is 2.83. The number of aromatic amines is 1. The highest BCUT2D eigenvalue weighted by Crippen LogP contribution is 2.27. The van der Waals surface area contributed by atoms with Gasteiger partial charge in [-0.15, -0.1) is 0 Å². The number of halogens is 2. The number of aromatic nitrogens is 4. The van der Waals surface area contributed by atoms with E-state index in [9.17, 15) is 0 Å². The van der Waals surface area contributed by atoms with Crippen LogP contribution in [0.1, 0.15) is 5.56 Å². The first kappa shape index (κ1) is 12.7. The van der Waals surface area contributed by atoms with Crippen molar-refractivity contribution in [2.75, 3.05) is 0 Å². The number of hydrogen-bond donors (Lipinski definition) is 1. The average Bonchev–Trinajstić information content (AvgIpc) is 2.85. The monoisotopic (exact) mass is 310 g/mol. The van der Waals surface area contributed by atoms with Gasteiger partial charge in [-0.05, 0) is 29.3 Å². The summed E-state index contributed by atoms with van der Waals surface area (Å²) in [6, 6.07) is 7.72. The lowest BCUT2D eigenvalue weighted by atomic mass is 10.2. The summed E-state index contributed by atoms with van der Waals surface area (Å²) in [7, 11) is 0. The topological polar surface area (TPSA) is 54.5 Å². The minimum Gasteiger partial charge on any atom is -0.341 e. The van der Waals surface area contributed by atoms with Crippen LogP contribution in [0.15, 0.2) is 35.6 Å². The zero-order valence-electron chi connectivity index (χ0n) is 9.60. The van der Waals surface area contributed by atoms with E-state index in [-0.39, 0.29) is 5.28 Å². The molecule has 1 aromatic carbocycles. The van der Waals surface area contributed by atoms with Crippen molar-refractivity contribution in [1.29, 1.82) is 0 Å². The predicted octanol–water partition coefficient (Wildman–Crippen LogP) is 3.95. The van der Waals surface area contributed by atoms with Crippen LogP contribution in [0.5, 0.6) is 0 Å². The van der Waals surface area contributed by atoms with E-state index in [2.05, 4.69) is 19.9 Å². The third-order valence-electron chi connectivity index (χ3n) is 2.51. The van der Waals surface area contributed by atoms with E-state index in [0.29, 0.717) is 5.65 Å². The van der Waals surface area contributed by atoms with Gasteiger partial charge in [0.1, 0.15) is 10.5 Å². The summed E-state index contributed by atoms with van der Waals surface area (Å²) in [6.45, 7) is 0. The van der Waals surface area contributed by atoms with Crippen LogP contribution in [-0.4, -0.2) is 19.9 Å². The second kappa shape index (κ2) is 5.36. The Morgan fingerprint density at radius 1 is 1.11 bits per heavy atom. The molecule has 0 amide bonds. The molecule has 0 atom stereocenters. The Bertz CT molecular complexity index is 711. The normalized spacial score (nSPS) is 11.1. The molecule has 3 rings (SSSR count). The number of thioether (sulfide) groups is 1. The maximum absolute atomic E-state index is 5.88. The van der Waals surface area contributed by atoms with Crippen LogP contribution in [0, 0.1) is 0 Å². The van der Waals surface area contributed by atoms with E-state index in [0.717, 1.165) is 26.9 Å². The molecule has 7 heteroatoms. The quantitative estimate of drug-likeness (QED) is 0.452. The van der Waals surface area contributed by atoms with Crippen LogP contribution in [0.2, 0.25) is 10.3 Å². The molecule has 4 nitrogen and oxygen atoms in total. The predicted molar refractivity (Wildman–Crippen MR) is 77.7 cm³/mol. The molecule has 0 saturated heterocycles. The molecule has 0 radical (unpaired) electrons. The number of H-pyrrole nitrogens is 1. The first-order valence-corrected chi connectivity index (χ1v) is 7.20. The summed E-state index contributed by atoms with van der Waals surface area (Å²) in [5.74, 6) is 0.776. The molecule has 0 aliphatic heterocycles. The molecule has 1 N–H and O–H groups in total. The average molecular weight is 311 g/mol. The van der Waals surface area contributed by atoms with Gasteiger partial charge in [-0.1, -0.05) is 35.5 Å². The molecule has 3 aromatic rings. The molecular formula is C12H8Cl2N4S. The minimum atomic E-state index is 0.207. The Labute approximate surface area is 123 Å². The summed E-state index contributed by atoms with van der Waals surface area (Å²) in [4.78, 5) is 15.4. The van der Waals surface area contributed by atoms with Gasteiger partial charge in [-0.3, -0.25) is 0 Å². The molecule has 0 fully saturated rings. The molecular weight excluding hydrogens is 303 g/mol. The second-order valence-electron chi connectivity index (χ2n) is 3.81. The Hall–Kier alpha value is -1.30. The van der Waals surface area contributed by atoms with Crippen LogP contribution in [0.4, 0.5) is 0 Å². The second-order valence-corrected chi connectivity index (χ2v) is 5.55. The van der Waals surface area contributed by atoms with E-state index in [4.69, 9.17) is 23.2 Å². The highest BCUT2D eigenvalue weighted by Gasteiger charge is 2.09. The van der Waals surface area contributed by atoms with Crippen LogP contribution in [0.3, 0.4) is 0 Å². The van der Waals surface area contributed by atoms with Gasteiger partial charge in [0.15, 0.2) is 5.65 Å². The zero-order chi connectivity index (χ0) is 13.2. The Morgan fingerprint density at radius 2 is 1.89 bits per heavy atom. The third-order valence-corrected chi connectivity index (χ3v) is 3.98. The fraction of sp³-hybridized carbons (Fsp3) is 0.0833. The first-order chi connectivity index (χ1) is 9.22. The molecule has 2 aromatic heterocycles. The van der Waals surface area contributed by atoms with Crippen molar-refractivity contribution in [2.24, 2.45) is 0 Å². The van der Waals surface area contributed by atoms with Crippen molar-refractivity contribution in [3.63, 3.8) is 0 Å². The van der Waals surface area contributed by atoms with Crippen LogP contribution >= 0.6 is 35.0 Å². The van der Waals surface area contributed by atoms with Gasteiger partial charge >= 0.3 is 0 Å². The maximum Gasteiger partial charge on any atom is 0.225 e. The van der Waals surface area contributed by atoms with E-state index in [1.54, 1.807) is 18.1 Å². The molecule has 0 aliphatic carbocycles. The van der Waals surface area contributed by atoms with Crippen LogP contribution in [-0.2, 0) is 5.75 Å². The maximum atomic E-state index is 5.88. The molecule has 96 valence electrons. The van der Waals surface area contributed by atoms with Gasteiger partial charge in [-0.25, -0.2) is 9.97 Å². The van der Waals surface area contributed by atoms with Crippen LogP contribution in [0.25, 0.3) is 11.2 Å². The molecule has 2 heterocycles. The smallest absolute Gasteiger partial charge is 0.225 e. The Morgan fingerprint density at radius 3 is 2.68 bits per heavy atom. The minimum absolute atomic E-state index is 0.207. The van der Waals surface area contributed by atoms with E-state index in [1.165, 1.54) is 0 Å². The standard InChI is InChI=1S/C12H8Cl2N4S/c13-8-3-1-7(2-4-8)5-19-11-9-10(16-6-15-9)17-12(14)18-11/h1-4,6H,5H2,(H,15,16,17,18). The molecule has 0 bridgehead atoms. The number of imidazole rings is 1. The highest BCUT2D eigenvalue weighted by molar-refractivity contribution is 7.98. The highest BCUT2D eigenvalue weighted by atomic mass is 35.5. The van der Waals surface area contributed by atoms with E-state index in [1.807, 2.05) is 24.3 Å². The number of fused-ring (bicyclic) bond motifs is 1. The van der Waals surface area contributed by atoms with Crippen molar-refractivity contribution in [1.82, 2.24) is 19.9 Å². The molecule has 0 spiro atoms. The first-order valence-electron chi connectivity index (χ1n) is 5.46. The van der Waals surface area contributed by atoms with E-state index >= 15 is 0 Å². The fourth-order valence-corrected chi connectivity index (χ4v) is 2.90. The fourth-order valence-electron chi connectivity index (χ4n) is 1.62. The lowest BCUT2D eigenvalue weighted by Gasteiger charge is -2.03. The number of hydrogen-bond acceptors (Lipinski definition) is 4. The SMILES string of the molecule is Clc1ccc(CSc2nc(Cl)nc3nc[nH]c23)cc1. The van der Waals surface area contributed by atoms with Crippen molar-refractivity contribution in [3.05, 3.63) is 46.5 Å². The Balaban J connectivity index is 1.85. The number of rotatable bonds is 3. The van der Waals surface area contributed by atoms with Crippen molar-refractivity contribution >= 4 is 46.1 Å². The number of benzene rings is 1. The summed E-state index contributed by atoms with van der Waals surface area (Å²) < 4.78 is 0. The van der Waals surface area contributed by atoms with Crippen molar-refractivity contribution < 1.29 is 0 Å². The van der Waals surface area contributed by atoms with Gasteiger partial charge in [0, 0.05) is 10.8 Å². The largest absolute Gasteiger partial charge is 0.341 e. The number of nitrogens with one attached hydrogen (secondary N) is 1. The molecule has 0 aliphatic rings. The lowest BCUT2D eigenvalue weighted by molar-refractivity contribution is 1.08. The number of nitrogens with zero attached hydrogens (tertiary/aromatic N) is 3. The van der Waals surface area contributed by atoms with Crippen molar-refractivity contribution in [3.8, 4) is 0 Å². The van der Waals surface area contributed by atoms with Crippen molar-refractivity contribution in [2.45, 2.75) is 10.8 Å². The zero-order valence-corrected chi connectivity index (χ0v) is 11.9. The molecule has 0 saturated carbocycles. The summed E-state index contributed by atoms with van der Waals surface area (Å²) in [5, 5.41) is 1.73. The van der Waals surface area contributed by atoms with Gasteiger partial charge in [0.05, 0.1) is 6.33 Å². The van der Waals surface area contributed by atoms with E-state index < -0.39 is 0 Å². The van der Waals surface area contributed by atoms with Gasteiger partial charge in [0.25, 0.3) is 0 Å². The van der Waals surface area contributed by atoms with Gasteiger partial charge in [0.2, 0.25) is 5.28 Å².